The van der Waals surface area contributed by atoms with E-state index in [1.165, 1.54) is 12.1 Å². The van der Waals surface area contributed by atoms with E-state index >= 15 is 0 Å². The molecule has 1 aromatic carbocycles. The number of nitrogens with zero attached hydrogens (tertiary/aromatic N) is 1. The van der Waals surface area contributed by atoms with Crippen molar-refractivity contribution in [3.63, 3.8) is 0 Å². The van der Waals surface area contributed by atoms with E-state index in [0.717, 1.165) is 5.56 Å². The Morgan fingerprint density at radius 3 is 2.85 bits per heavy atom. The van der Waals surface area contributed by atoms with Crippen molar-refractivity contribution in [2.24, 2.45) is 0 Å². The molecule has 1 aliphatic rings. The number of rotatable bonds is 6. The highest BCUT2D eigenvalue weighted by molar-refractivity contribution is 7.85. The van der Waals surface area contributed by atoms with E-state index in [-0.39, 0.29) is 11.0 Å². The van der Waals surface area contributed by atoms with Crippen molar-refractivity contribution in [1.29, 1.82) is 0 Å². The normalized spacial score (nSPS) is 18.0. The van der Waals surface area contributed by atoms with Gasteiger partial charge in [0.25, 0.3) is 10.1 Å². The minimum Gasteiger partial charge on any atom is -0.489 e. The predicted octanol–water partition coefficient (Wildman–Crippen LogP) is 0.927. The van der Waals surface area contributed by atoms with Crippen molar-refractivity contribution >= 4 is 15.9 Å². The fraction of sp³-hybridized carbons (Fsp3) is 0.353. The number of benzene rings is 1. The largest absolute Gasteiger partial charge is 0.489 e. The molecule has 5 N–H and O–H groups in total. The fourth-order valence-corrected chi connectivity index (χ4v) is 3.37. The smallest absolute Gasteiger partial charge is 0.294 e. The molecule has 2 atom stereocenters. The number of nitrogens with two attached hydrogens (primary N) is 1. The van der Waals surface area contributed by atoms with Crippen LogP contribution < -0.4 is 15.8 Å². The number of ether oxygens (including phenoxy) is 1. The zero-order chi connectivity index (χ0) is 18.7. The average Bonchev–Trinajstić information content (AvgIpc) is 2.61. The molecule has 0 saturated heterocycles. The maximum Gasteiger partial charge on any atom is 0.294 e. The second-order valence-corrected chi connectivity index (χ2v) is 7.64. The molecular formula is C17H21N3O5S. The minimum absolute atomic E-state index is 0.0872. The molecule has 2 heterocycles. The van der Waals surface area contributed by atoms with Crippen LogP contribution in [0.4, 0.5) is 5.82 Å². The summed E-state index contributed by atoms with van der Waals surface area (Å²) in [5.74, 6) is 1.01. The summed E-state index contributed by atoms with van der Waals surface area (Å²) < 4.78 is 37.3. The molecule has 1 aromatic heterocycles. The molecule has 3 rings (SSSR count). The first-order valence-corrected chi connectivity index (χ1v) is 9.64. The number of nitrogens with one attached hydrogen (secondary N) is 1. The monoisotopic (exact) mass is 379 g/mol. The summed E-state index contributed by atoms with van der Waals surface area (Å²) in [5, 5.41) is 13.3. The van der Waals surface area contributed by atoms with E-state index in [2.05, 4.69) is 10.3 Å². The van der Waals surface area contributed by atoms with Crippen LogP contribution in [0.25, 0.3) is 0 Å². The molecule has 0 saturated carbocycles. The first-order valence-electron chi connectivity index (χ1n) is 8.20. The molecule has 8 nitrogen and oxygen atoms in total. The minimum atomic E-state index is -4.21. The molecular weight excluding hydrogens is 358 g/mol. The Bertz CT molecular complexity index is 870. The van der Waals surface area contributed by atoms with Gasteiger partial charge in [-0.2, -0.15) is 8.42 Å². The number of hydrogen-bond donors (Lipinski definition) is 4. The molecule has 2 unspecified atom stereocenters. The predicted molar refractivity (Wildman–Crippen MR) is 95.5 cm³/mol. The van der Waals surface area contributed by atoms with E-state index in [9.17, 15) is 13.5 Å². The van der Waals surface area contributed by atoms with E-state index in [1.807, 2.05) is 0 Å². The maximum atomic E-state index is 11.2. The molecule has 0 spiro atoms. The lowest BCUT2D eigenvalue weighted by Crippen LogP contribution is -2.36. The number of aliphatic hydroxyl groups excluding tert-OH is 1. The third-order valence-electron chi connectivity index (χ3n) is 4.26. The fourth-order valence-electron chi connectivity index (χ4n) is 2.84. The molecule has 0 radical (unpaired) electrons. The zero-order valence-electron chi connectivity index (χ0n) is 14.0. The summed E-state index contributed by atoms with van der Waals surface area (Å²) in [6, 6.07) is 7.68. The van der Waals surface area contributed by atoms with E-state index in [4.69, 9.17) is 15.0 Å². The molecule has 0 amide bonds. The van der Waals surface area contributed by atoms with Gasteiger partial charge in [-0.3, -0.25) is 4.55 Å². The number of pyridine rings is 1. The van der Waals surface area contributed by atoms with Crippen molar-refractivity contribution in [3.05, 3.63) is 47.7 Å². The van der Waals surface area contributed by atoms with Crippen LogP contribution in [0.2, 0.25) is 0 Å². The van der Waals surface area contributed by atoms with Gasteiger partial charge in [-0.05, 0) is 42.7 Å². The van der Waals surface area contributed by atoms with Crippen LogP contribution in [0.3, 0.4) is 0 Å². The Balaban J connectivity index is 1.52. The van der Waals surface area contributed by atoms with Crippen LogP contribution >= 0.6 is 0 Å². The molecule has 140 valence electrons. The summed E-state index contributed by atoms with van der Waals surface area (Å²) >= 11 is 0. The van der Waals surface area contributed by atoms with Crippen LogP contribution in [0.1, 0.15) is 23.7 Å². The lowest BCUT2D eigenvalue weighted by atomic mass is 10.0. The highest BCUT2D eigenvalue weighted by Crippen LogP contribution is 2.29. The van der Waals surface area contributed by atoms with Crippen molar-refractivity contribution < 1.29 is 22.8 Å². The summed E-state index contributed by atoms with van der Waals surface area (Å²) in [4.78, 5) is 3.82. The van der Waals surface area contributed by atoms with Gasteiger partial charge in [0.05, 0.1) is 11.0 Å². The van der Waals surface area contributed by atoms with Crippen molar-refractivity contribution in [3.8, 4) is 5.75 Å². The van der Waals surface area contributed by atoms with Crippen molar-refractivity contribution in [2.45, 2.75) is 29.9 Å². The van der Waals surface area contributed by atoms with Crippen LogP contribution in [0, 0.1) is 0 Å². The van der Waals surface area contributed by atoms with Crippen LogP contribution in [0.5, 0.6) is 5.75 Å². The SMILES string of the molecule is Nc1ccc(C(O)CNCC2CCc3cc(S(=O)(=O)O)ccc3O2)cn1. The van der Waals surface area contributed by atoms with Crippen LogP contribution in [-0.4, -0.2) is 42.3 Å². The van der Waals surface area contributed by atoms with Crippen molar-refractivity contribution in [2.75, 3.05) is 18.8 Å². The Hall–Kier alpha value is -2.20. The molecule has 26 heavy (non-hydrogen) atoms. The maximum absolute atomic E-state index is 11.2. The Labute approximate surface area is 151 Å². The van der Waals surface area contributed by atoms with Gasteiger partial charge in [-0.25, -0.2) is 4.98 Å². The summed E-state index contributed by atoms with van der Waals surface area (Å²) in [5.41, 5.74) is 6.96. The zero-order valence-corrected chi connectivity index (χ0v) is 14.8. The van der Waals surface area contributed by atoms with Gasteiger partial charge in [0.15, 0.2) is 0 Å². The average molecular weight is 379 g/mol. The lowest BCUT2D eigenvalue weighted by Gasteiger charge is -2.27. The topological polar surface area (TPSA) is 135 Å². The molecule has 0 bridgehead atoms. The highest BCUT2D eigenvalue weighted by Gasteiger charge is 2.22. The Kier molecular flexibility index (Phi) is 5.42. The number of aromatic nitrogens is 1. The number of anilines is 1. The third kappa shape index (κ3) is 4.50. The molecule has 2 aromatic rings. The molecule has 9 heteroatoms. The number of nitrogen functional groups attached to an aromatic ring is 1. The van der Waals surface area contributed by atoms with E-state index in [0.29, 0.717) is 43.1 Å². The summed E-state index contributed by atoms with van der Waals surface area (Å²) in [7, 11) is -4.21. The molecule has 1 aliphatic heterocycles. The molecule has 0 fully saturated rings. The van der Waals surface area contributed by atoms with Crippen LogP contribution in [0.15, 0.2) is 41.4 Å². The van der Waals surface area contributed by atoms with Gasteiger partial charge in [-0.1, -0.05) is 6.07 Å². The number of aryl methyl sites for hydroxylation is 1. The second kappa shape index (κ2) is 7.58. The highest BCUT2D eigenvalue weighted by atomic mass is 32.2. The standard InChI is InChI=1S/C17H21N3O5S/c18-17-6-2-12(8-20-17)15(21)10-19-9-13-3-1-11-7-14(26(22,23)24)4-5-16(11)25-13/h2,4-8,13,15,19,21H,1,3,9-10H2,(H2,18,20)(H,22,23,24). The van der Waals surface area contributed by atoms with Gasteiger partial charge < -0.3 is 20.9 Å². The summed E-state index contributed by atoms with van der Waals surface area (Å²) in [6.45, 7) is 0.888. The van der Waals surface area contributed by atoms with Gasteiger partial charge in [0, 0.05) is 24.8 Å². The lowest BCUT2D eigenvalue weighted by molar-refractivity contribution is 0.146. The second-order valence-electron chi connectivity index (χ2n) is 6.21. The van der Waals surface area contributed by atoms with E-state index < -0.39 is 16.2 Å². The van der Waals surface area contributed by atoms with Crippen LogP contribution in [-0.2, 0) is 16.5 Å². The number of fused-ring (bicyclic) bond motifs is 1. The van der Waals surface area contributed by atoms with Gasteiger partial charge in [-0.15, -0.1) is 0 Å². The Morgan fingerprint density at radius 1 is 1.35 bits per heavy atom. The van der Waals surface area contributed by atoms with Gasteiger partial charge in [0.1, 0.15) is 17.7 Å². The van der Waals surface area contributed by atoms with Gasteiger partial charge >= 0.3 is 0 Å². The third-order valence-corrected chi connectivity index (χ3v) is 5.11. The van der Waals surface area contributed by atoms with Gasteiger partial charge in [0.2, 0.25) is 0 Å². The first kappa shape index (κ1) is 18.6. The Morgan fingerprint density at radius 2 is 2.15 bits per heavy atom. The summed E-state index contributed by atoms with van der Waals surface area (Å²) in [6.07, 6.45) is 2.11. The quantitative estimate of drug-likeness (QED) is 0.545. The number of aliphatic hydroxyl groups is 1. The van der Waals surface area contributed by atoms with Crippen molar-refractivity contribution in [1.82, 2.24) is 10.3 Å². The first-order chi connectivity index (χ1) is 12.3. The molecule has 0 aliphatic carbocycles. The number of hydrogen-bond acceptors (Lipinski definition) is 7. The van der Waals surface area contributed by atoms with E-state index in [1.54, 1.807) is 24.4 Å².